The minimum atomic E-state index is -3.69. The van der Waals surface area contributed by atoms with E-state index in [2.05, 4.69) is 6.92 Å². The summed E-state index contributed by atoms with van der Waals surface area (Å²) in [6, 6.07) is 4.85. The molecule has 3 rings (SSSR count). The molecule has 2 aliphatic rings. The normalized spacial score (nSPS) is 23.6. The number of halogens is 1. The van der Waals surface area contributed by atoms with E-state index in [4.69, 9.17) is 0 Å². The van der Waals surface area contributed by atoms with Crippen LogP contribution in [0, 0.1) is 17.7 Å². The number of sulfonamides is 1. The number of rotatable bonds is 3. The van der Waals surface area contributed by atoms with Crippen molar-refractivity contribution in [2.75, 3.05) is 26.2 Å². The first-order valence-electron chi connectivity index (χ1n) is 8.92. The van der Waals surface area contributed by atoms with E-state index in [1.165, 1.54) is 16.4 Å². The van der Waals surface area contributed by atoms with Crippen molar-refractivity contribution in [2.45, 2.75) is 37.5 Å². The summed E-state index contributed by atoms with van der Waals surface area (Å²) in [4.78, 5) is 14.7. The van der Waals surface area contributed by atoms with Gasteiger partial charge in [-0.2, -0.15) is 4.31 Å². The molecular weight excluding hydrogens is 343 g/mol. The topological polar surface area (TPSA) is 57.7 Å². The number of hydrogen-bond donors (Lipinski definition) is 0. The van der Waals surface area contributed by atoms with Gasteiger partial charge in [0.25, 0.3) is 0 Å². The number of hydrogen-bond acceptors (Lipinski definition) is 3. The molecule has 5 nitrogen and oxygen atoms in total. The summed E-state index contributed by atoms with van der Waals surface area (Å²) in [5.41, 5.74) is 0. The van der Waals surface area contributed by atoms with Gasteiger partial charge in [0.2, 0.25) is 15.9 Å². The third kappa shape index (κ3) is 4.03. The first kappa shape index (κ1) is 18.3. The molecule has 0 bridgehead atoms. The maximum absolute atomic E-state index is 13.1. The molecule has 1 aromatic rings. The molecule has 2 heterocycles. The summed E-state index contributed by atoms with van der Waals surface area (Å²) in [5, 5.41) is 0. The molecular formula is C18H25FN2O3S. The van der Waals surface area contributed by atoms with E-state index in [0.717, 1.165) is 44.5 Å². The molecule has 0 spiro atoms. The number of amides is 1. The van der Waals surface area contributed by atoms with Gasteiger partial charge in [-0.3, -0.25) is 4.79 Å². The van der Waals surface area contributed by atoms with Gasteiger partial charge in [0.05, 0.1) is 10.8 Å². The van der Waals surface area contributed by atoms with Crippen LogP contribution in [0.3, 0.4) is 0 Å². The van der Waals surface area contributed by atoms with Crippen molar-refractivity contribution in [2.24, 2.45) is 11.8 Å². The zero-order valence-electron chi connectivity index (χ0n) is 14.5. The SMILES string of the molecule is CC1CCN(C(=O)[C@H]2CCCN(S(=O)(=O)c3ccc(F)cc3)C2)CC1. The molecule has 138 valence electrons. The zero-order chi connectivity index (χ0) is 18.0. The largest absolute Gasteiger partial charge is 0.342 e. The smallest absolute Gasteiger partial charge is 0.243 e. The molecule has 1 aromatic carbocycles. The summed E-state index contributed by atoms with van der Waals surface area (Å²) in [5.74, 6) is -0.0287. The van der Waals surface area contributed by atoms with Crippen molar-refractivity contribution in [3.8, 4) is 0 Å². The van der Waals surface area contributed by atoms with Gasteiger partial charge in [-0.05, 0) is 55.9 Å². The Labute approximate surface area is 148 Å². The maximum atomic E-state index is 13.1. The van der Waals surface area contributed by atoms with Crippen molar-refractivity contribution in [3.05, 3.63) is 30.1 Å². The summed E-state index contributed by atoms with van der Waals surface area (Å²) < 4.78 is 40.0. The van der Waals surface area contributed by atoms with E-state index in [0.29, 0.717) is 18.9 Å². The third-order valence-corrected chi connectivity index (χ3v) is 7.16. The number of nitrogens with zero attached hydrogens (tertiary/aromatic N) is 2. The van der Waals surface area contributed by atoms with Crippen LogP contribution in [-0.2, 0) is 14.8 Å². The van der Waals surface area contributed by atoms with Gasteiger partial charge in [-0.1, -0.05) is 6.92 Å². The van der Waals surface area contributed by atoms with Crippen molar-refractivity contribution in [3.63, 3.8) is 0 Å². The fraction of sp³-hybridized carbons (Fsp3) is 0.611. The van der Waals surface area contributed by atoms with Gasteiger partial charge in [-0.15, -0.1) is 0 Å². The standard InChI is InChI=1S/C18H25FN2O3S/c1-14-8-11-20(12-9-14)18(22)15-3-2-10-21(13-15)25(23,24)17-6-4-16(19)5-7-17/h4-7,14-15H,2-3,8-13H2,1H3/t15-/m0/s1. The highest BCUT2D eigenvalue weighted by Gasteiger charge is 2.35. The van der Waals surface area contributed by atoms with Gasteiger partial charge in [0.15, 0.2) is 0 Å². The highest BCUT2D eigenvalue weighted by molar-refractivity contribution is 7.89. The second kappa shape index (κ2) is 7.41. The molecule has 0 N–H and O–H groups in total. The van der Waals surface area contributed by atoms with Gasteiger partial charge in [0, 0.05) is 26.2 Å². The fourth-order valence-electron chi connectivity index (χ4n) is 3.61. The first-order chi connectivity index (χ1) is 11.9. The highest BCUT2D eigenvalue weighted by Crippen LogP contribution is 2.26. The van der Waals surface area contributed by atoms with Gasteiger partial charge in [0.1, 0.15) is 5.82 Å². The molecule has 2 saturated heterocycles. The Morgan fingerprint density at radius 1 is 1.08 bits per heavy atom. The molecule has 0 saturated carbocycles. The fourth-order valence-corrected chi connectivity index (χ4v) is 5.13. The van der Waals surface area contributed by atoms with Crippen LogP contribution in [0.15, 0.2) is 29.2 Å². The van der Waals surface area contributed by atoms with Gasteiger partial charge < -0.3 is 4.90 Å². The second-order valence-corrected chi connectivity index (χ2v) is 9.10. The number of benzene rings is 1. The van der Waals surface area contributed by atoms with E-state index in [9.17, 15) is 17.6 Å². The average Bonchev–Trinajstić information content (AvgIpc) is 2.62. The Kier molecular flexibility index (Phi) is 5.43. The van der Waals surface area contributed by atoms with Crippen LogP contribution in [0.4, 0.5) is 4.39 Å². The highest BCUT2D eigenvalue weighted by atomic mass is 32.2. The molecule has 1 amide bonds. The van der Waals surface area contributed by atoms with Crippen molar-refractivity contribution in [1.29, 1.82) is 0 Å². The molecule has 2 fully saturated rings. The van der Waals surface area contributed by atoms with E-state index in [1.807, 2.05) is 4.90 Å². The lowest BCUT2D eigenvalue weighted by atomic mass is 9.94. The molecule has 0 radical (unpaired) electrons. The van der Waals surface area contributed by atoms with E-state index in [1.54, 1.807) is 0 Å². The van der Waals surface area contributed by atoms with E-state index in [-0.39, 0.29) is 23.3 Å². The monoisotopic (exact) mass is 368 g/mol. The summed E-state index contributed by atoms with van der Waals surface area (Å²) in [6.07, 6.45) is 3.41. The van der Waals surface area contributed by atoms with Crippen LogP contribution in [0.2, 0.25) is 0 Å². The van der Waals surface area contributed by atoms with Crippen molar-refractivity contribution < 1.29 is 17.6 Å². The second-order valence-electron chi connectivity index (χ2n) is 7.16. The van der Waals surface area contributed by atoms with Crippen LogP contribution in [0.1, 0.15) is 32.6 Å². The van der Waals surface area contributed by atoms with Crippen molar-refractivity contribution in [1.82, 2.24) is 9.21 Å². The number of likely N-dealkylation sites (tertiary alicyclic amines) is 1. The third-order valence-electron chi connectivity index (χ3n) is 5.28. The molecule has 0 unspecified atom stereocenters. The molecule has 25 heavy (non-hydrogen) atoms. The Balaban J connectivity index is 1.70. The predicted molar refractivity (Wildman–Crippen MR) is 92.9 cm³/mol. The molecule has 2 aliphatic heterocycles. The Bertz CT molecular complexity index is 712. The predicted octanol–water partition coefficient (Wildman–Crippen LogP) is 2.48. The minimum Gasteiger partial charge on any atom is -0.342 e. The number of piperidine rings is 2. The average molecular weight is 368 g/mol. The van der Waals surface area contributed by atoms with Gasteiger partial charge in [-0.25, -0.2) is 12.8 Å². The summed E-state index contributed by atoms with van der Waals surface area (Å²) in [7, 11) is -3.69. The molecule has 7 heteroatoms. The quantitative estimate of drug-likeness (QED) is 0.824. The lowest BCUT2D eigenvalue weighted by Crippen LogP contribution is -2.48. The van der Waals surface area contributed by atoms with Crippen LogP contribution in [-0.4, -0.2) is 49.7 Å². The maximum Gasteiger partial charge on any atom is 0.243 e. The van der Waals surface area contributed by atoms with E-state index < -0.39 is 15.8 Å². The number of carbonyl (C=O) groups excluding carboxylic acids is 1. The van der Waals surface area contributed by atoms with Gasteiger partial charge >= 0.3 is 0 Å². The molecule has 1 atom stereocenters. The molecule has 0 aromatic heterocycles. The summed E-state index contributed by atoms with van der Waals surface area (Å²) in [6.45, 7) is 4.34. The van der Waals surface area contributed by atoms with Crippen LogP contribution in [0.25, 0.3) is 0 Å². The lowest BCUT2D eigenvalue weighted by molar-refractivity contribution is -0.138. The summed E-state index contributed by atoms with van der Waals surface area (Å²) >= 11 is 0. The Hall–Kier alpha value is -1.47. The lowest BCUT2D eigenvalue weighted by Gasteiger charge is -2.36. The van der Waals surface area contributed by atoms with Crippen molar-refractivity contribution >= 4 is 15.9 Å². The zero-order valence-corrected chi connectivity index (χ0v) is 15.3. The molecule has 0 aliphatic carbocycles. The van der Waals surface area contributed by atoms with Crippen LogP contribution < -0.4 is 0 Å². The number of carbonyl (C=O) groups is 1. The van der Waals surface area contributed by atoms with Crippen LogP contribution >= 0.6 is 0 Å². The van der Waals surface area contributed by atoms with E-state index >= 15 is 0 Å². The minimum absolute atomic E-state index is 0.0749. The Morgan fingerprint density at radius 2 is 1.72 bits per heavy atom. The van der Waals surface area contributed by atoms with Crippen LogP contribution in [0.5, 0.6) is 0 Å². The first-order valence-corrected chi connectivity index (χ1v) is 10.4. The Morgan fingerprint density at radius 3 is 2.36 bits per heavy atom.